The van der Waals surface area contributed by atoms with Crippen molar-refractivity contribution in [1.29, 1.82) is 5.26 Å². The van der Waals surface area contributed by atoms with Crippen LogP contribution in [0.25, 0.3) is 10.8 Å². The number of fused-ring (bicyclic) bond motifs is 2. The highest BCUT2D eigenvalue weighted by atomic mass is 16.5. The lowest BCUT2D eigenvalue weighted by atomic mass is 10.0. The molecule has 1 atom stereocenters. The van der Waals surface area contributed by atoms with Gasteiger partial charge in [-0.3, -0.25) is 4.79 Å². The summed E-state index contributed by atoms with van der Waals surface area (Å²) >= 11 is 0. The number of methoxy groups -OCH3 is 1. The van der Waals surface area contributed by atoms with E-state index in [9.17, 15) is 10.1 Å². The Bertz CT molecular complexity index is 1310. The van der Waals surface area contributed by atoms with Crippen LogP contribution in [-0.2, 0) is 17.8 Å². The minimum atomic E-state index is -0.226. The smallest absolute Gasteiger partial charge is 0.318 e. The SMILES string of the molecule is C=CC(=O)N1CCN(c2nc(OC)nc3c2CCN(c2nccc4ccccc24)C3)CC1CC#N.CC. The number of aromatic nitrogens is 3. The molecule has 2 aromatic heterocycles. The third kappa shape index (κ3) is 5.19. The third-order valence-corrected chi connectivity index (χ3v) is 6.72. The van der Waals surface area contributed by atoms with E-state index in [2.05, 4.69) is 39.6 Å². The van der Waals surface area contributed by atoms with Crippen molar-refractivity contribution < 1.29 is 9.53 Å². The number of carbonyl (C=O) groups is 1. The number of piperazine rings is 1. The summed E-state index contributed by atoms with van der Waals surface area (Å²) in [5.74, 6) is 1.62. The first-order valence-electron chi connectivity index (χ1n) is 12.7. The summed E-state index contributed by atoms with van der Waals surface area (Å²) in [5.41, 5.74) is 2.00. The molecule has 1 aromatic carbocycles. The average molecular weight is 500 g/mol. The Morgan fingerprint density at radius 2 is 1.97 bits per heavy atom. The lowest BCUT2D eigenvalue weighted by Gasteiger charge is -2.42. The minimum Gasteiger partial charge on any atom is -0.467 e. The van der Waals surface area contributed by atoms with E-state index in [1.54, 1.807) is 12.0 Å². The van der Waals surface area contributed by atoms with E-state index >= 15 is 0 Å². The lowest BCUT2D eigenvalue weighted by Crippen LogP contribution is -2.55. The molecule has 1 amide bonds. The van der Waals surface area contributed by atoms with Crippen LogP contribution in [0.5, 0.6) is 6.01 Å². The Kier molecular flexibility index (Phi) is 8.18. The first-order chi connectivity index (χ1) is 18.1. The maximum Gasteiger partial charge on any atom is 0.318 e. The fourth-order valence-corrected chi connectivity index (χ4v) is 5.01. The number of nitriles is 1. The molecule has 0 saturated carbocycles. The lowest BCUT2D eigenvalue weighted by molar-refractivity contribution is -0.128. The van der Waals surface area contributed by atoms with Gasteiger partial charge in [0.2, 0.25) is 5.91 Å². The Morgan fingerprint density at radius 1 is 1.16 bits per heavy atom. The molecule has 0 radical (unpaired) electrons. The van der Waals surface area contributed by atoms with Crippen LogP contribution >= 0.6 is 0 Å². The van der Waals surface area contributed by atoms with Gasteiger partial charge in [0, 0.05) is 43.3 Å². The minimum absolute atomic E-state index is 0.148. The van der Waals surface area contributed by atoms with Crippen LogP contribution in [0.15, 0.2) is 49.2 Å². The Labute approximate surface area is 218 Å². The van der Waals surface area contributed by atoms with Gasteiger partial charge in [0.15, 0.2) is 0 Å². The van der Waals surface area contributed by atoms with Gasteiger partial charge in [-0.2, -0.15) is 15.2 Å². The van der Waals surface area contributed by atoms with Crippen LogP contribution in [0, 0.1) is 11.3 Å². The van der Waals surface area contributed by atoms with Crippen molar-refractivity contribution in [2.24, 2.45) is 0 Å². The van der Waals surface area contributed by atoms with Gasteiger partial charge in [0.05, 0.1) is 37.9 Å². The number of benzene rings is 1. The maximum absolute atomic E-state index is 12.3. The molecule has 9 nitrogen and oxygen atoms in total. The molecule has 37 heavy (non-hydrogen) atoms. The second-order valence-electron chi connectivity index (χ2n) is 8.68. The van der Waals surface area contributed by atoms with Gasteiger partial charge >= 0.3 is 6.01 Å². The first kappa shape index (κ1) is 25.9. The highest BCUT2D eigenvalue weighted by Crippen LogP contribution is 2.33. The highest BCUT2D eigenvalue weighted by molar-refractivity contribution is 5.92. The second kappa shape index (κ2) is 11.7. The van der Waals surface area contributed by atoms with Crippen molar-refractivity contribution >= 4 is 28.3 Å². The van der Waals surface area contributed by atoms with E-state index in [1.165, 1.54) is 6.08 Å². The standard InChI is InChI=1S/C26H27N7O2.C2H6/c1-3-23(34)33-15-14-32(16-19(33)8-11-27)25-21-10-13-31(17-22(21)29-26(30-25)35-2)24-20-7-5-4-6-18(20)9-12-28-24;1-2/h3-7,9,12,19H,1,8,10,13-17H2,2H3;1-2H3. The molecule has 1 unspecified atom stereocenters. The zero-order valence-electron chi connectivity index (χ0n) is 21.7. The summed E-state index contributed by atoms with van der Waals surface area (Å²) in [6, 6.07) is 12.6. The zero-order chi connectivity index (χ0) is 26.4. The molecule has 0 bridgehead atoms. The van der Waals surface area contributed by atoms with Gasteiger partial charge in [0.1, 0.15) is 11.6 Å². The van der Waals surface area contributed by atoms with Gasteiger partial charge in [-0.25, -0.2) is 4.98 Å². The molecule has 4 heterocycles. The molecular weight excluding hydrogens is 466 g/mol. The van der Waals surface area contributed by atoms with Crippen LogP contribution < -0.4 is 14.5 Å². The van der Waals surface area contributed by atoms with E-state index in [0.29, 0.717) is 32.2 Å². The van der Waals surface area contributed by atoms with Crippen molar-refractivity contribution in [3.8, 4) is 12.1 Å². The molecule has 1 fully saturated rings. The van der Waals surface area contributed by atoms with Crippen molar-refractivity contribution in [2.75, 3.05) is 43.1 Å². The molecule has 3 aromatic rings. The van der Waals surface area contributed by atoms with Crippen LogP contribution in [0.4, 0.5) is 11.6 Å². The number of rotatable bonds is 5. The summed E-state index contributed by atoms with van der Waals surface area (Å²) in [4.78, 5) is 32.5. The Balaban J connectivity index is 0.00000156. The van der Waals surface area contributed by atoms with Gasteiger partial charge in [0.25, 0.3) is 0 Å². The van der Waals surface area contributed by atoms with Crippen LogP contribution in [0.3, 0.4) is 0 Å². The van der Waals surface area contributed by atoms with Gasteiger partial charge in [-0.05, 0) is 23.9 Å². The number of carbonyl (C=O) groups excluding carboxylic acids is 1. The fourth-order valence-electron chi connectivity index (χ4n) is 5.01. The van der Waals surface area contributed by atoms with E-state index in [1.807, 2.05) is 38.2 Å². The van der Waals surface area contributed by atoms with Crippen molar-refractivity contribution in [3.63, 3.8) is 0 Å². The van der Waals surface area contributed by atoms with Crippen molar-refractivity contribution in [2.45, 2.75) is 39.3 Å². The van der Waals surface area contributed by atoms with Gasteiger partial charge < -0.3 is 19.4 Å². The molecule has 5 rings (SSSR count). The zero-order valence-corrected chi connectivity index (χ0v) is 21.7. The quantitative estimate of drug-likeness (QED) is 0.490. The fraction of sp³-hybridized carbons (Fsp3) is 0.393. The topological polar surface area (TPSA) is 98.5 Å². The summed E-state index contributed by atoms with van der Waals surface area (Å²) in [7, 11) is 1.57. The van der Waals surface area contributed by atoms with Crippen LogP contribution in [0.2, 0.25) is 0 Å². The summed E-state index contributed by atoms with van der Waals surface area (Å²) < 4.78 is 5.46. The molecule has 192 valence electrons. The third-order valence-electron chi connectivity index (χ3n) is 6.72. The molecule has 0 N–H and O–H groups in total. The molecule has 2 aliphatic rings. The predicted molar refractivity (Wildman–Crippen MR) is 145 cm³/mol. The summed E-state index contributed by atoms with van der Waals surface area (Å²) in [5, 5.41) is 11.6. The summed E-state index contributed by atoms with van der Waals surface area (Å²) in [6.45, 7) is 10.6. The number of amides is 1. The number of pyridine rings is 1. The van der Waals surface area contributed by atoms with Gasteiger partial charge in [-0.1, -0.05) is 44.7 Å². The van der Waals surface area contributed by atoms with E-state index in [4.69, 9.17) is 14.7 Å². The van der Waals surface area contributed by atoms with Gasteiger partial charge in [-0.15, -0.1) is 0 Å². The monoisotopic (exact) mass is 499 g/mol. The molecular formula is C28H33N7O2. The highest BCUT2D eigenvalue weighted by Gasteiger charge is 2.33. The normalized spacial score (nSPS) is 16.8. The number of hydrogen-bond acceptors (Lipinski definition) is 8. The molecule has 2 aliphatic heterocycles. The van der Waals surface area contributed by atoms with E-state index in [-0.39, 0.29) is 18.4 Å². The number of hydrogen-bond donors (Lipinski definition) is 0. The Morgan fingerprint density at radius 3 is 2.73 bits per heavy atom. The molecule has 0 spiro atoms. The van der Waals surface area contributed by atoms with E-state index < -0.39 is 0 Å². The molecule has 9 heteroatoms. The Hall–Kier alpha value is -4.19. The van der Waals surface area contributed by atoms with Crippen LogP contribution in [-0.4, -0.2) is 65.1 Å². The largest absolute Gasteiger partial charge is 0.467 e. The van der Waals surface area contributed by atoms with Crippen LogP contribution in [0.1, 0.15) is 31.5 Å². The number of anilines is 2. The average Bonchev–Trinajstić information content (AvgIpc) is 2.96. The van der Waals surface area contributed by atoms with E-state index in [0.717, 1.165) is 46.6 Å². The summed E-state index contributed by atoms with van der Waals surface area (Å²) in [6.07, 6.45) is 4.17. The second-order valence-corrected chi connectivity index (χ2v) is 8.68. The first-order valence-corrected chi connectivity index (χ1v) is 12.7. The number of nitrogens with zero attached hydrogens (tertiary/aromatic N) is 7. The molecule has 1 saturated heterocycles. The van der Waals surface area contributed by atoms with Crippen molar-refractivity contribution in [3.05, 3.63) is 60.4 Å². The predicted octanol–water partition coefficient (Wildman–Crippen LogP) is 3.74. The van der Waals surface area contributed by atoms with Crippen molar-refractivity contribution in [1.82, 2.24) is 19.9 Å². The maximum atomic E-state index is 12.3. The molecule has 0 aliphatic carbocycles. The number of ether oxygens (including phenoxy) is 1.